The Hall–Kier alpha value is -2.93. The fraction of sp³-hybridized carbons (Fsp3) is 0.391. The van der Waals surface area contributed by atoms with Crippen LogP contribution in [-0.2, 0) is 16.0 Å². The number of carbonyl (C=O) groups excluding carboxylic acids is 1. The number of nitrogens with zero attached hydrogens (tertiary/aromatic N) is 2. The number of aliphatic imine (C=N–C) groups is 1. The molecule has 1 amide bonds. The lowest BCUT2D eigenvalue weighted by Crippen LogP contribution is -2.47. The van der Waals surface area contributed by atoms with Crippen LogP contribution in [0.1, 0.15) is 17.0 Å². The third kappa shape index (κ3) is 6.03. The van der Waals surface area contributed by atoms with Crippen molar-refractivity contribution in [3.05, 3.63) is 71.5 Å². The lowest BCUT2D eigenvalue weighted by Gasteiger charge is -2.31. The van der Waals surface area contributed by atoms with Crippen LogP contribution in [0.2, 0.25) is 0 Å². The molecule has 2 aromatic carbocycles. The zero-order valence-corrected chi connectivity index (χ0v) is 17.3. The molecule has 2 aromatic rings. The molecular weight excluding hydrogens is 383 g/mol. The van der Waals surface area contributed by atoms with Crippen LogP contribution < -0.4 is 10.6 Å². The van der Waals surface area contributed by atoms with E-state index in [4.69, 9.17) is 4.74 Å². The normalized spacial score (nSPS) is 15.5. The van der Waals surface area contributed by atoms with Gasteiger partial charge in [-0.15, -0.1) is 0 Å². The van der Waals surface area contributed by atoms with Crippen LogP contribution in [0.25, 0.3) is 0 Å². The number of hydrogen-bond acceptors (Lipinski definition) is 3. The van der Waals surface area contributed by atoms with E-state index in [1.807, 2.05) is 41.3 Å². The van der Waals surface area contributed by atoms with E-state index in [1.54, 1.807) is 19.2 Å². The van der Waals surface area contributed by atoms with Gasteiger partial charge in [-0.05, 0) is 23.6 Å². The van der Waals surface area contributed by atoms with Gasteiger partial charge in [-0.3, -0.25) is 9.79 Å². The number of rotatable bonds is 7. The lowest BCUT2D eigenvalue weighted by molar-refractivity contribution is -0.136. The van der Waals surface area contributed by atoms with Gasteiger partial charge in [0.15, 0.2) is 5.96 Å². The summed E-state index contributed by atoms with van der Waals surface area (Å²) in [5.41, 5.74) is 1.62. The van der Waals surface area contributed by atoms with Crippen molar-refractivity contribution in [1.82, 2.24) is 15.5 Å². The summed E-state index contributed by atoms with van der Waals surface area (Å²) in [6, 6.07) is 16.5. The molecule has 1 fully saturated rings. The first-order valence-electron chi connectivity index (χ1n) is 10.3. The van der Waals surface area contributed by atoms with E-state index in [1.165, 1.54) is 6.07 Å². The Morgan fingerprint density at radius 1 is 1.10 bits per heavy atom. The summed E-state index contributed by atoms with van der Waals surface area (Å²) in [5.74, 6) is 0.137. The average Bonchev–Trinajstić information content (AvgIpc) is 2.80. The third-order valence-electron chi connectivity index (χ3n) is 5.16. The molecule has 0 aromatic heterocycles. The van der Waals surface area contributed by atoms with Gasteiger partial charge in [0.1, 0.15) is 5.82 Å². The van der Waals surface area contributed by atoms with Crippen molar-refractivity contribution in [3.63, 3.8) is 0 Å². The Bertz CT molecular complexity index is 838. The highest BCUT2D eigenvalue weighted by molar-refractivity contribution is 5.86. The summed E-state index contributed by atoms with van der Waals surface area (Å²) < 4.78 is 19.2. The largest absolute Gasteiger partial charge is 0.378 e. The number of halogens is 1. The second-order valence-corrected chi connectivity index (χ2v) is 7.12. The molecule has 7 heteroatoms. The number of morpholine rings is 1. The van der Waals surface area contributed by atoms with E-state index >= 15 is 0 Å². The second-order valence-electron chi connectivity index (χ2n) is 7.12. The summed E-state index contributed by atoms with van der Waals surface area (Å²) >= 11 is 0. The van der Waals surface area contributed by atoms with Gasteiger partial charge in [-0.1, -0.05) is 48.5 Å². The molecule has 0 spiro atoms. The average molecular weight is 413 g/mol. The zero-order chi connectivity index (χ0) is 21.2. The Balaban J connectivity index is 1.59. The minimum Gasteiger partial charge on any atom is -0.378 e. The fourth-order valence-electron chi connectivity index (χ4n) is 3.47. The van der Waals surface area contributed by atoms with Crippen molar-refractivity contribution in [2.75, 3.05) is 46.4 Å². The van der Waals surface area contributed by atoms with E-state index < -0.39 is 0 Å². The summed E-state index contributed by atoms with van der Waals surface area (Å²) in [6.07, 6.45) is 0.544. The molecule has 1 aliphatic rings. The van der Waals surface area contributed by atoms with Crippen LogP contribution in [0.15, 0.2) is 59.6 Å². The summed E-state index contributed by atoms with van der Waals surface area (Å²) in [7, 11) is 1.68. The smallest absolute Gasteiger partial charge is 0.232 e. The SMILES string of the molecule is CN=C(NCCc1ccccc1F)NCC(C(=O)N1CCOCC1)c1ccccc1. The van der Waals surface area contributed by atoms with Gasteiger partial charge in [0.2, 0.25) is 5.91 Å². The number of amides is 1. The van der Waals surface area contributed by atoms with Gasteiger partial charge in [0, 0.05) is 33.2 Å². The van der Waals surface area contributed by atoms with Crippen LogP contribution >= 0.6 is 0 Å². The Labute approximate surface area is 177 Å². The molecule has 0 saturated carbocycles. The highest BCUT2D eigenvalue weighted by atomic mass is 19.1. The maximum absolute atomic E-state index is 13.8. The topological polar surface area (TPSA) is 66.0 Å². The van der Waals surface area contributed by atoms with E-state index in [0.717, 1.165) is 5.56 Å². The number of carbonyl (C=O) groups is 1. The number of nitrogens with one attached hydrogen (secondary N) is 2. The van der Waals surface area contributed by atoms with E-state index in [0.29, 0.717) is 57.3 Å². The van der Waals surface area contributed by atoms with Crippen LogP contribution in [0.4, 0.5) is 4.39 Å². The monoisotopic (exact) mass is 412 g/mol. The Morgan fingerprint density at radius 2 is 1.80 bits per heavy atom. The first-order chi connectivity index (χ1) is 14.7. The summed E-state index contributed by atoms with van der Waals surface area (Å²) in [5, 5.41) is 6.45. The maximum atomic E-state index is 13.8. The molecule has 2 N–H and O–H groups in total. The van der Waals surface area contributed by atoms with E-state index in [2.05, 4.69) is 15.6 Å². The molecular formula is C23H29FN4O2. The fourth-order valence-corrected chi connectivity index (χ4v) is 3.47. The predicted octanol–water partition coefficient (Wildman–Crippen LogP) is 2.18. The standard InChI is InChI=1S/C23H29FN4O2/c1-25-23(26-12-11-19-9-5-6-10-21(19)24)27-17-20(18-7-3-2-4-8-18)22(29)28-13-15-30-16-14-28/h2-10,20H,11-17H2,1H3,(H2,25,26,27). The molecule has 0 radical (unpaired) electrons. The lowest BCUT2D eigenvalue weighted by atomic mass is 9.97. The predicted molar refractivity (Wildman–Crippen MR) is 116 cm³/mol. The molecule has 1 saturated heterocycles. The van der Waals surface area contributed by atoms with Crippen molar-refractivity contribution in [2.45, 2.75) is 12.3 Å². The molecule has 0 aliphatic carbocycles. The number of hydrogen-bond donors (Lipinski definition) is 2. The van der Waals surface area contributed by atoms with Crippen molar-refractivity contribution in [3.8, 4) is 0 Å². The molecule has 1 atom stereocenters. The van der Waals surface area contributed by atoms with E-state index in [9.17, 15) is 9.18 Å². The summed E-state index contributed by atoms with van der Waals surface area (Å²) in [4.78, 5) is 19.3. The van der Waals surface area contributed by atoms with Crippen molar-refractivity contribution in [1.29, 1.82) is 0 Å². The number of guanidine groups is 1. The first kappa shape index (κ1) is 21.8. The van der Waals surface area contributed by atoms with Crippen LogP contribution in [0, 0.1) is 5.82 Å². The highest BCUT2D eigenvalue weighted by Gasteiger charge is 2.27. The van der Waals surface area contributed by atoms with E-state index in [-0.39, 0.29) is 17.6 Å². The van der Waals surface area contributed by atoms with Crippen LogP contribution in [0.5, 0.6) is 0 Å². The zero-order valence-electron chi connectivity index (χ0n) is 17.3. The molecule has 3 rings (SSSR count). The quantitative estimate of drug-likeness (QED) is 0.540. The summed E-state index contributed by atoms with van der Waals surface area (Å²) in [6.45, 7) is 3.31. The van der Waals surface area contributed by atoms with Crippen LogP contribution in [-0.4, -0.2) is 63.2 Å². The van der Waals surface area contributed by atoms with Gasteiger partial charge < -0.3 is 20.3 Å². The molecule has 1 aliphatic heterocycles. The molecule has 0 bridgehead atoms. The minimum absolute atomic E-state index is 0.0822. The minimum atomic E-state index is -0.325. The number of benzene rings is 2. The molecule has 1 unspecified atom stereocenters. The van der Waals surface area contributed by atoms with Gasteiger partial charge in [-0.25, -0.2) is 4.39 Å². The second kappa shape index (κ2) is 11.3. The van der Waals surface area contributed by atoms with Gasteiger partial charge >= 0.3 is 0 Å². The maximum Gasteiger partial charge on any atom is 0.232 e. The number of ether oxygens (including phenoxy) is 1. The third-order valence-corrected chi connectivity index (χ3v) is 5.16. The highest BCUT2D eigenvalue weighted by Crippen LogP contribution is 2.19. The molecule has 160 valence electrons. The molecule has 6 nitrogen and oxygen atoms in total. The van der Waals surface area contributed by atoms with Crippen molar-refractivity contribution in [2.24, 2.45) is 4.99 Å². The Morgan fingerprint density at radius 3 is 2.50 bits per heavy atom. The van der Waals surface area contributed by atoms with Gasteiger partial charge in [-0.2, -0.15) is 0 Å². The van der Waals surface area contributed by atoms with Crippen LogP contribution in [0.3, 0.4) is 0 Å². The van der Waals surface area contributed by atoms with Crippen molar-refractivity contribution < 1.29 is 13.9 Å². The Kier molecular flexibility index (Phi) is 8.20. The molecule has 30 heavy (non-hydrogen) atoms. The van der Waals surface area contributed by atoms with Crippen molar-refractivity contribution >= 4 is 11.9 Å². The first-order valence-corrected chi connectivity index (χ1v) is 10.3. The van der Waals surface area contributed by atoms with Gasteiger partial charge in [0.05, 0.1) is 19.1 Å². The molecule has 1 heterocycles. The van der Waals surface area contributed by atoms with Gasteiger partial charge in [0.25, 0.3) is 0 Å².